The lowest BCUT2D eigenvalue weighted by Crippen LogP contribution is -2.47. The number of nitriles is 1. The molecule has 1 aliphatic carbocycles. The normalized spacial score (nSPS) is 22.6. The Balaban J connectivity index is 1.25. The highest BCUT2D eigenvalue weighted by molar-refractivity contribution is 6.04. The van der Waals surface area contributed by atoms with Gasteiger partial charge in [0.15, 0.2) is 0 Å². The van der Waals surface area contributed by atoms with Crippen molar-refractivity contribution in [1.29, 1.82) is 5.26 Å². The number of ether oxygens (including phenoxy) is 1. The fraction of sp³-hybridized carbons (Fsp3) is 0.429. The molecule has 8 nitrogen and oxygen atoms in total. The smallest absolute Gasteiger partial charge is 0.259 e. The van der Waals surface area contributed by atoms with Crippen LogP contribution in [-0.4, -0.2) is 57.9 Å². The minimum Gasteiger partial charge on any atom is -0.379 e. The topological polar surface area (TPSA) is 96.1 Å². The lowest BCUT2D eigenvalue weighted by atomic mass is 9.71. The second kappa shape index (κ2) is 10.2. The SMILES string of the molecule is Cc1cccc(-n2ncc(C(=O)Nc3ccc(C4(C#N)CCC(N5CCOCC5)CC4)nc3)c2C)c1. The Kier molecular flexibility index (Phi) is 6.86. The quantitative estimate of drug-likeness (QED) is 0.584. The van der Waals surface area contributed by atoms with Gasteiger partial charge in [-0.1, -0.05) is 12.1 Å². The second-order valence-electron chi connectivity index (χ2n) is 9.85. The Labute approximate surface area is 211 Å². The Bertz CT molecular complexity index is 1260. The number of carbonyl (C=O) groups excluding carboxylic acids is 1. The molecule has 3 aromatic rings. The monoisotopic (exact) mass is 484 g/mol. The molecule has 1 aromatic carbocycles. The molecule has 0 atom stereocenters. The predicted molar refractivity (Wildman–Crippen MR) is 137 cm³/mol. The Hall–Kier alpha value is -3.54. The number of nitrogens with one attached hydrogen (secondary N) is 1. The van der Waals surface area contributed by atoms with Gasteiger partial charge in [0, 0.05) is 19.1 Å². The van der Waals surface area contributed by atoms with Gasteiger partial charge >= 0.3 is 0 Å². The highest BCUT2D eigenvalue weighted by Gasteiger charge is 2.40. The van der Waals surface area contributed by atoms with Gasteiger partial charge in [-0.3, -0.25) is 14.7 Å². The fourth-order valence-electron chi connectivity index (χ4n) is 5.43. The van der Waals surface area contributed by atoms with Crippen LogP contribution < -0.4 is 5.32 Å². The van der Waals surface area contributed by atoms with Gasteiger partial charge < -0.3 is 10.1 Å². The number of nitrogens with zero attached hydrogens (tertiary/aromatic N) is 5. The summed E-state index contributed by atoms with van der Waals surface area (Å²) in [5, 5.41) is 17.4. The number of pyridine rings is 1. The van der Waals surface area contributed by atoms with Crippen molar-refractivity contribution in [3.05, 3.63) is 71.3 Å². The number of amides is 1. The van der Waals surface area contributed by atoms with Gasteiger partial charge in [-0.05, 0) is 69.4 Å². The molecule has 2 aromatic heterocycles. The van der Waals surface area contributed by atoms with Crippen LogP contribution in [0.3, 0.4) is 0 Å². The molecule has 1 N–H and O–H groups in total. The van der Waals surface area contributed by atoms with E-state index in [1.165, 1.54) is 0 Å². The molecule has 1 aliphatic heterocycles. The number of aromatic nitrogens is 3. The van der Waals surface area contributed by atoms with Gasteiger partial charge in [0.25, 0.3) is 5.91 Å². The number of morpholine rings is 1. The average molecular weight is 485 g/mol. The molecular weight excluding hydrogens is 452 g/mol. The van der Waals surface area contributed by atoms with Gasteiger partial charge in [0.2, 0.25) is 0 Å². The molecule has 36 heavy (non-hydrogen) atoms. The summed E-state index contributed by atoms with van der Waals surface area (Å²) >= 11 is 0. The molecule has 8 heteroatoms. The maximum Gasteiger partial charge on any atom is 0.259 e. The van der Waals surface area contributed by atoms with E-state index in [4.69, 9.17) is 4.74 Å². The van der Waals surface area contributed by atoms with Crippen molar-refractivity contribution in [2.75, 3.05) is 31.6 Å². The van der Waals surface area contributed by atoms with Crippen molar-refractivity contribution in [2.45, 2.75) is 51.0 Å². The van der Waals surface area contributed by atoms with Crippen molar-refractivity contribution in [1.82, 2.24) is 19.7 Å². The lowest BCUT2D eigenvalue weighted by Gasteiger charge is -2.41. The zero-order valence-corrected chi connectivity index (χ0v) is 20.9. The first-order valence-electron chi connectivity index (χ1n) is 12.6. The van der Waals surface area contributed by atoms with Crippen LogP contribution >= 0.6 is 0 Å². The van der Waals surface area contributed by atoms with E-state index in [2.05, 4.69) is 26.4 Å². The number of hydrogen-bond donors (Lipinski definition) is 1. The Morgan fingerprint density at radius 2 is 1.92 bits per heavy atom. The van der Waals surface area contributed by atoms with E-state index in [-0.39, 0.29) is 5.91 Å². The van der Waals surface area contributed by atoms with Crippen molar-refractivity contribution in [2.24, 2.45) is 0 Å². The lowest BCUT2D eigenvalue weighted by molar-refractivity contribution is 0.00493. The molecule has 0 radical (unpaired) electrons. The second-order valence-corrected chi connectivity index (χ2v) is 9.85. The number of aryl methyl sites for hydroxylation is 1. The molecular formula is C28H32N6O2. The predicted octanol–water partition coefficient (Wildman–Crippen LogP) is 4.17. The molecule has 0 bridgehead atoms. The van der Waals surface area contributed by atoms with Crippen molar-refractivity contribution < 1.29 is 9.53 Å². The zero-order valence-electron chi connectivity index (χ0n) is 20.9. The molecule has 1 saturated carbocycles. The molecule has 2 aliphatic rings. The van der Waals surface area contributed by atoms with Crippen molar-refractivity contribution in [3.63, 3.8) is 0 Å². The summed E-state index contributed by atoms with van der Waals surface area (Å²) in [6.07, 6.45) is 6.80. The molecule has 186 valence electrons. The summed E-state index contributed by atoms with van der Waals surface area (Å²) in [4.78, 5) is 20.1. The number of carbonyl (C=O) groups is 1. The summed E-state index contributed by atoms with van der Waals surface area (Å²) in [7, 11) is 0. The van der Waals surface area contributed by atoms with E-state index in [0.717, 1.165) is 74.6 Å². The van der Waals surface area contributed by atoms with E-state index in [1.807, 2.05) is 50.2 Å². The maximum atomic E-state index is 13.0. The number of anilines is 1. The summed E-state index contributed by atoms with van der Waals surface area (Å²) < 4.78 is 7.25. The third-order valence-electron chi connectivity index (χ3n) is 7.60. The number of benzene rings is 1. The molecule has 0 spiro atoms. The third kappa shape index (κ3) is 4.77. The van der Waals surface area contributed by atoms with Crippen LogP contribution in [0.5, 0.6) is 0 Å². The van der Waals surface area contributed by atoms with Crippen LogP contribution in [0.1, 0.15) is 53.0 Å². The van der Waals surface area contributed by atoms with Crippen LogP contribution in [0, 0.1) is 25.2 Å². The van der Waals surface area contributed by atoms with Crippen LogP contribution in [0.4, 0.5) is 5.69 Å². The molecule has 1 saturated heterocycles. The van der Waals surface area contributed by atoms with E-state index in [9.17, 15) is 10.1 Å². The van der Waals surface area contributed by atoms with Crippen molar-refractivity contribution >= 4 is 11.6 Å². The van der Waals surface area contributed by atoms with E-state index >= 15 is 0 Å². The Morgan fingerprint density at radius 1 is 1.14 bits per heavy atom. The Morgan fingerprint density at radius 3 is 2.58 bits per heavy atom. The number of rotatable bonds is 5. The molecule has 3 heterocycles. The summed E-state index contributed by atoms with van der Waals surface area (Å²) in [6, 6.07) is 14.8. The maximum absolute atomic E-state index is 13.0. The van der Waals surface area contributed by atoms with E-state index < -0.39 is 5.41 Å². The first-order chi connectivity index (χ1) is 17.5. The van der Waals surface area contributed by atoms with E-state index in [1.54, 1.807) is 17.1 Å². The molecule has 0 unspecified atom stereocenters. The fourth-order valence-corrected chi connectivity index (χ4v) is 5.43. The van der Waals surface area contributed by atoms with Crippen molar-refractivity contribution in [3.8, 4) is 11.8 Å². The summed E-state index contributed by atoms with van der Waals surface area (Å²) in [5.74, 6) is -0.234. The van der Waals surface area contributed by atoms with Crippen LogP contribution in [0.15, 0.2) is 48.8 Å². The molecule has 1 amide bonds. The minimum absolute atomic E-state index is 0.234. The van der Waals surface area contributed by atoms with Gasteiger partial charge in [0.05, 0.1) is 65.4 Å². The first kappa shape index (κ1) is 24.2. The van der Waals surface area contributed by atoms with Crippen LogP contribution in [0.2, 0.25) is 0 Å². The standard InChI is InChI=1S/C28H32N6O2/c1-20-4-3-5-24(16-20)34-21(2)25(18-31-34)27(35)32-22-6-7-26(30-17-22)28(19-29)10-8-23(9-11-28)33-12-14-36-15-13-33/h3-7,16-18,23H,8-15H2,1-2H3,(H,32,35). The highest BCUT2D eigenvalue weighted by atomic mass is 16.5. The van der Waals surface area contributed by atoms with Gasteiger partial charge in [-0.15, -0.1) is 0 Å². The third-order valence-corrected chi connectivity index (χ3v) is 7.60. The summed E-state index contributed by atoms with van der Waals surface area (Å²) in [6.45, 7) is 7.44. The molecule has 5 rings (SSSR count). The van der Waals surface area contributed by atoms with Gasteiger partial charge in [-0.2, -0.15) is 10.4 Å². The largest absolute Gasteiger partial charge is 0.379 e. The first-order valence-corrected chi connectivity index (χ1v) is 12.6. The van der Waals surface area contributed by atoms with Crippen LogP contribution in [-0.2, 0) is 10.2 Å². The van der Waals surface area contributed by atoms with E-state index in [0.29, 0.717) is 17.3 Å². The van der Waals surface area contributed by atoms with Crippen LogP contribution in [0.25, 0.3) is 5.69 Å². The minimum atomic E-state index is -0.573. The van der Waals surface area contributed by atoms with Gasteiger partial charge in [-0.25, -0.2) is 4.68 Å². The molecule has 2 fully saturated rings. The summed E-state index contributed by atoms with van der Waals surface area (Å²) in [5.41, 5.74) is 4.13. The highest BCUT2D eigenvalue weighted by Crippen LogP contribution is 2.40. The number of hydrogen-bond acceptors (Lipinski definition) is 6. The van der Waals surface area contributed by atoms with Gasteiger partial charge in [0.1, 0.15) is 0 Å². The average Bonchev–Trinajstić information content (AvgIpc) is 3.31. The zero-order chi connectivity index (χ0) is 25.1.